The van der Waals surface area contributed by atoms with Crippen molar-refractivity contribution < 1.29 is 24.9 Å². The van der Waals surface area contributed by atoms with Crippen molar-refractivity contribution in [3.05, 3.63) is 44.5 Å². The average molecular weight is 414 g/mol. The van der Waals surface area contributed by atoms with Crippen molar-refractivity contribution in [1.82, 2.24) is 0 Å². The number of nitro groups is 2. The average Bonchev–Trinajstić information content (AvgIpc) is 2.66. The van der Waals surface area contributed by atoms with Crippen LogP contribution >= 0.6 is 0 Å². The van der Waals surface area contributed by atoms with Crippen LogP contribution in [0.4, 0.5) is 0 Å². The smallest absolute Gasteiger partial charge is 0.241 e. The fraction of sp³-hybridized carbons (Fsp3) is 0.750. The Morgan fingerprint density at radius 3 is 2.00 bits per heavy atom. The van der Waals surface area contributed by atoms with Gasteiger partial charge in [0.05, 0.1) is 0 Å². The van der Waals surface area contributed by atoms with Gasteiger partial charge in [0.25, 0.3) is 0 Å². The Morgan fingerprint density at radius 1 is 0.828 bits per heavy atom. The van der Waals surface area contributed by atoms with Crippen LogP contribution in [-0.4, -0.2) is 50.6 Å². The number of allylic oxidation sites excluding steroid dienone is 2. The molecule has 9 nitrogen and oxygen atoms in total. The van der Waals surface area contributed by atoms with Gasteiger partial charge in [-0.05, 0) is 25.7 Å². The maximum atomic E-state index is 11.1. The monoisotopic (exact) mass is 414 g/mol. The molecule has 0 aromatic carbocycles. The molecule has 9 heteroatoms. The largest absolute Gasteiger partial charge is 0.386 e. The minimum Gasteiger partial charge on any atom is -0.386 e. The van der Waals surface area contributed by atoms with Crippen LogP contribution in [0.25, 0.3) is 0 Å². The van der Waals surface area contributed by atoms with Crippen molar-refractivity contribution in [2.24, 2.45) is 0 Å². The highest BCUT2D eigenvalue weighted by Gasteiger charge is 2.28. The van der Waals surface area contributed by atoms with Gasteiger partial charge in [-0.25, -0.2) is 0 Å². The molecule has 4 atom stereocenters. The van der Waals surface area contributed by atoms with Crippen molar-refractivity contribution >= 4 is 6.29 Å². The summed E-state index contributed by atoms with van der Waals surface area (Å²) >= 11 is 0. The van der Waals surface area contributed by atoms with E-state index < -0.39 is 34.1 Å². The summed E-state index contributed by atoms with van der Waals surface area (Å²) in [6, 6.07) is -2.13. The normalized spacial score (nSPS) is 16.0. The Bertz CT molecular complexity index is 537. The lowest BCUT2D eigenvalue weighted by Gasteiger charge is -2.14. The highest BCUT2D eigenvalue weighted by atomic mass is 16.6. The molecule has 0 amide bonds. The second kappa shape index (κ2) is 16.8. The van der Waals surface area contributed by atoms with Gasteiger partial charge in [-0.1, -0.05) is 50.5 Å². The molecule has 0 aliphatic heterocycles. The van der Waals surface area contributed by atoms with Crippen LogP contribution in [0, 0.1) is 20.2 Å². The zero-order valence-electron chi connectivity index (χ0n) is 17.1. The third kappa shape index (κ3) is 12.8. The standard InChI is InChI=1S/C20H34N2O7/c1-2-3-7-14-19(24)17(21(26)27)12-8-5-4-6-9-15-20(25)18(22(28)29)13-10-11-16-23/h5-6,8-9,16-20,24-25H,2-4,7,10-15H2,1H3/b8-5-,9-6-. The number of aliphatic hydroxyl groups is 2. The maximum absolute atomic E-state index is 11.1. The summed E-state index contributed by atoms with van der Waals surface area (Å²) < 4.78 is 0. The van der Waals surface area contributed by atoms with Crippen LogP contribution in [0.15, 0.2) is 24.3 Å². The summed E-state index contributed by atoms with van der Waals surface area (Å²) in [6.07, 6.45) is 9.89. The van der Waals surface area contributed by atoms with Crippen LogP contribution in [0.5, 0.6) is 0 Å². The highest BCUT2D eigenvalue weighted by molar-refractivity contribution is 5.48. The van der Waals surface area contributed by atoms with Gasteiger partial charge in [-0.2, -0.15) is 0 Å². The molecule has 0 rings (SSSR count). The zero-order valence-corrected chi connectivity index (χ0v) is 17.1. The number of carbonyl (C=O) groups excluding carboxylic acids is 1. The number of rotatable bonds is 18. The van der Waals surface area contributed by atoms with E-state index in [9.17, 15) is 35.2 Å². The lowest BCUT2D eigenvalue weighted by Crippen LogP contribution is -2.33. The predicted molar refractivity (Wildman–Crippen MR) is 110 cm³/mol. The molecule has 0 aliphatic rings. The summed E-state index contributed by atoms with van der Waals surface area (Å²) in [7, 11) is 0. The number of aldehydes is 1. The molecule has 0 spiro atoms. The third-order valence-corrected chi connectivity index (χ3v) is 4.72. The summed E-state index contributed by atoms with van der Waals surface area (Å²) in [6.45, 7) is 2.03. The number of nitrogens with zero attached hydrogens (tertiary/aromatic N) is 2. The van der Waals surface area contributed by atoms with Gasteiger partial charge in [0, 0.05) is 29.1 Å². The highest BCUT2D eigenvalue weighted by Crippen LogP contribution is 2.14. The summed E-state index contributed by atoms with van der Waals surface area (Å²) in [5.74, 6) is 0. The molecule has 0 aromatic rings. The second-order valence-electron chi connectivity index (χ2n) is 7.08. The molecule has 0 aliphatic carbocycles. The van der Waals surface area contributed by atoms with E-state index in [0.29, 0.717) is 25.5 Å². The van der Waals surface area contributed by atoms with Crippen LogP contribution in [0.3, 0.4) is 0 Å². The number of carbonyl (C=O) groups is 1. The molecule has 166 valence electrons. The van der Waals surface area contributed by atoms with Crippen molar-refractivity contribution in [3.8, 4) is 0 Å². The predicted octanol–water partition coefficient (Wildman–Crippen LogP) is 3.23. The molecule has 0 heterocycles. The van der Waals surface area contributed by atoms with Gasteiger partial charge in [0.2, 0.25) is 12.1 Å². The first-order valence-corrected chi connectivity index (χ1v) is 10.2. The van der Waals surface area contributed by atoms with Crippen LogP contribution in [-0.2, 0) is 4.79 Å². The van der Waals surface area contributed by atoms with E-state index in [1.54, 1.807) is 24.3 Å². The topological polar surface area (TPSA) is 144 Å². The number of aliphatic hydroxyl groups excluding tert-OH is 2. The van der Waals surface area contributed by atoms with Gasteiger partial charge in [0.15, 0.2) is 0 Å². The summed E-state index contributed by atoms with van der Waals surface area (Å²) in [5, 5.41) is 42.1. The number of hydrogen-bond acceptors (Lipinski definition) is 7. The Labute approximate surface area is 171 Å². The van der Waals surface area contributed by atoms with E-state index >= 15 is 0 Å². The fourth-order valence-corrected chi connectivity index (χ4v) is 2.93. The van der Waals surface area contributed by atoms with Gasteiger partial charge in [-0.3, -0.25) is 20.2 Å². The van der Waals surface area contributed by atoms with Gasteiger partial charge < -0.3 is 15.0 Å². The van der Waals surface area contributed by atoms with Crippen molar-refractivity contribution in [1.29, 1.82) is 0 Å². The van der Waals surface area contributed by atoms with Crippen molar-refractivity contribution in [3.63, 3.8) is 0 Å². The molecule has 29 heavy (non-hydrogen) atoms. The molecule has 0 saturated carbocycles. The fourth-order valence-electron chi connectivity index (χ4n) is 2.93. The Balaban J connectivity index is 4.34. The Hall–Kier alpha value is -2.13. The lowest BCUT2D eigenvalue weighted by atomic mass is 10.0. The van der Waals surface area contributed by atoms with Crippen molar-refractivity contribution in [2.45, 2.75) is 95.4 Å². The lowest BCUT2D eigenvalue weighted by molar-refractivity contribution is -0.535. The Morgan fingerprint density at radius 2 is 1.45 bits per heavy atom. The third-order valence-electron chi connectivity index (χ3n) is 4.72. The summed E-state index contributed by atoms with van der Waals surface area (Å²) in [5.41, 5.74) is 0. The first-order valence-electron chi connectivity index (χ1n) is 10.2. The molecule has 0 fully saturated rings. The quantitative estimate of drug-likeness (QED) is 0.115. The van der Waals surface area contributed by atoms with E-state index in [0.717, 1.165) is 19.3 Å². The molecule has 0 bridgehead atoms. The van der Waals surface area contributed by atoms with Crippen LogP contribution in [0.1, 0.15) is 71.1 Å². The van der Waals surface area contributed by atoms with E-state index in [-0.39, 0.29) is 25.7 Å². The van der Waals surface area contributed by atoms with Crippen LogP contribution < -0.4 is 0 Å². The minimum absolute atomic E-state index is 0.119. The summed E-state index contributed by atoms with van der Waals surface area (Å²) in [4.78, 5) is 31.5. The minimum atomic E-state index is -1.13. The molecule has 0 aromatic heterocycles. The molecule has 2 N–H and O–H groups in total. The van der Waals surface area contributed by atoms with Crippen molar-refractivity contribution in [2.75, 3.05) is 0 Å². The Kier molecular flexibility index (Phi) is 15.6. The molecule has 0 saturated heterocycles. The molecular weight excluding hydrogens is 380 g/mol. The first kappa shape index (κ1) is 26.9. The van der Waals surface area contributed by atoms with E-state index in [4.69, 9.17) is 0 Å². The first-order chi connectivity index (χ1) is 13.8. The number of unbranched alkanes of at least 4 members (excludes halogenated alkanes) is 3. The number of hydrogen-bond donors (Lipinski definition) is 2. The SMILES string of the molecule is CCCCCC(O)C(C/C=C\C/C=C\CC(O)C(CCCC=O)[N+](=O)[O-])[N+](=O)[O-]. The second-order valence-corrected chi connectivity index (χ2v) is 7.08. The zero-order chi connectivity index (χ0) is 22.1. The van der Waals surface area contributed by atoms with Gasteiger partial charge in [0.1, 0.15) is 18.5 Å². The molecular formula is C20H34N2O7. The van der Waals surface area contributed by atoms with E-state index in [2.05, 4.69) is 0 Å². The van der Waals surface area contributed by atoms with Crippen LogP contribution in [0.2, 0.25) is 0 Å². The van der Waals surface area contributed by atoms with Gasteiger partial charge in [-0.15, -0.1) is 0 Å². The van der Waals surface area contributed by atoms with Gasteiger partial charge >= 0.3 is 0 Å². The maximum Gasteiger partial charge on any atom is 0.241 e. The molecule has 0 radical (unpaired) electrons. The van der Waals surface area contributed by atoms with E-state index in [1.165, 1.54) is 0 Å². The molecule has 4 unspecified atom stereocenters. The van der Waals surface area contributed by atoms with E-state index in [1.807, 2.05) is 6.92 Å².